The van der Waals surface area contributed by atoms with Gasteiger partial charge in [0.2, 0.25) is 5.91 Å². The molecule has 0 aromatic rings. The summed E-state index contributed by atoms with van der Waals surface area (Å²) in [6.07, 6.45) is 0.628. The minimum Gasteiger partial charge on any atom is -0.394 e. The van der Waals surface area contributed by atoms with E-state index >= 15 is 0 Å². The third-order valence-corrected chi connectivity index (χ3v) is 8.97. The molecule has 0 radical (unpaired) electrons. The average Bonchev–Trinajstić information content (AvgIpc) is 3.08. The molecule has 2 fully saturated rings. The molecule has 14 nitrogen and oxygen atoms in total. The lowest BCUT2D eigenvalue weighted by atomic mass is 9.97. The van der Waals surface area contributed by atoms with Gasteiger partial charge >= 0.3 is 0 Å². The molecule has 0 aromatic heterocycles. The van der Waals surface area contributed by atoms with Crippen molar-refractivity contribution in [2.75, 3.05) is 19.8 Å². The molecule has 0 aromatic carbocycles. The number of rotatable bonds is 24. The monoisotopic (exact) mass is 693 g/mol. The molecule has 9 N–H and O–H groups in total. The molecule has 1 amide bonds. The number of carbonyl (C=O) groups is 1. The minimum atomic E-state index is -1.78. The van der Waals surface area contributed by atoms with Crippen molar-refractivity contribution in [1.29, 1.82) is 0 Å². The average molecular weight is 694 g/mol. The van der Waals surface area contributed by atoms with E-state index in [-0.39, 0.29) is 18.9 Å². The standard InChI is InChI=1S/C34H63NO13/c1-3-5-7-9-10-11-12-14-16-18-26(39)35-22(23(38)17-15-13-8-6-4-2)21-45-33-31(44)29(42)32(25(20-37)47-33)48-34-30(43)28(41)27(40)24(19-36)46-34/h15,17,22-25,27-34,36-38,40-44H,3-14,16,18-21H2,1-2H3,(H,35,39)/b17-15+. The SMILES string of the molecule is CCCCC/C=C/C(O)C(COC1OC(CO)C(OC2OC(CO)C(O)C(O)C2O)C(O)C1O)NC(=O)CCCCCCCCCCC. The lowest BCUT2D eigenvalue weighted by Gasteiger charge is -2.46. The summed E-state index contributed by atoms with van der Waals surface area (Å²) in [7, 11) is 0. The largest absolute Gasteiger partial charge is 0.394 e. The summed E-state index contributed by atoms with van der Waals surface area (Å²) < 4.78 is 22.4. The Labute approximate surface area is 285 Å². The Morgan fingerprint density at radius 3 is 1.92 bits per heavy atom. The van der Waals surface area contributed by atoms with E-state index in [4.69, 9.17) is 18.9 Å². The maximum atomic E-state index is 12.8. The first-order valence-corrected chi connectivity index (χ1v) is 17.9. The summed E-state index contributed by atoms with van der Waals surface area (Å²) in [6, 6.07) is -0.901. The summed E-state index contributed by atoms with van der Waals surface area (Å²) >= 11 is 0. The number of unbranched alkanes of at least 4 members (excludes halogenated alkanes) is 11. The van der Waals surface area contributed by atoms with Crippen LogP contribution in [-0.2, 0) is 23.7 Å². The van der Waals surface area contributed by atoms with Gasteiger partial charge in [-0.15, -0.1) is 0 Å². The zero-order chi connectivity index (χ0) is 35.5. The smallest absolute Gasteiger partial charge is 0.220 e. The van der Waals surface area contributed by atoms with Gasteiger partial charge in [-0.05, 0) is 19.3 Å². The van der Waals surface area contributed by atoms with Crippen LogP contribution < -0.4 is 5.32 Å². The van der Waals surface area contributed by atoms with Gasteiger partial charge in [-0.3, -0.25) is 4.79 Å². The molecule has 0 aliphatic carbocycles. The number of ether oxygens (including phenoxy) is 4. The van der Waals surface area contributed by atoms with Crippen LogP contribution in [0.2, 0.25) is 0 Å². The Morgan fingerprint density at radius 1 is 0.729 bits per heavy atom. The first-order valence-electron chi connectivity index (χ1n) is 17.9. The van der Waals surface area contributed by atoms with Crippen LogP contribution in [0.1, 0.15) is 104 Å². The van der Waals surface area contributed by atoms with Crippen LogP contribution in [0.3, 0.4) is 0 Å². The fourth-order valence-electron chi connectivity index (χ4n) is 5.87. The predicted molar refractivity (Wildman–Crippen MR) is 175 cm³/mol. The second kappa shape index (κ2) is 24.0. The maximum absolute atomic E-state index is 12.8. The highest BCUT2D eigenvalue weighted by Gasteiger charge is 2.50. The summed E-state index contributed by atoms with van der Waals surface area (Å²) in [4.78, 5) is 12.8. The molecular weight excluding hydrogens is 630 g/mol. The molecule has 14 heteroatoms. The number of aliphatic hydroxyl groups excluding tert-OH is 8. The number of carbonyl (C=O) groups excluding carboxylic acids is 1. The summed E-state index contributed by atoms with van der Waals surface area (Å²) in [5, 5.41) is 85.4. The van der Waals surface area contributed by atoms with Gasteiger partial charge < -0.3 is 65.1 Å². The van der Waals surface area contributed by atoms with Crippen LogP contribution in [0.5, 0.6) is 0 Å². The van der Waals surface area contributed by atoms with Crippen LogP contribution >= 0.6 is 0 Å². The Hall–Kier alpha value is -1.27. The molecule has 0 saturated carbocycles. The van der Waals surface area contributed by atoms with Gasteiger partial charge in [-0.1, -0.05) is 90.2 Å². The van der Waals surface area contributed by atoms with Gasteiger partial charge in [-0.2, -0.15) is 0 Å². The Balaban J connectivity index is 1.98. The highest BCUT2D eigenvalue weighted by molar-refractivity contribution is 5.76. The maximum Gasteiger partial charge on any atom is 0.220 e. The zero-order valence-corrected chi connectivity index (χ0v) is 28.7. The van der Waals surface area contributed by atoms with Crippen molar-refractivity contribution in [3.8, 4) is 0 Å². The van der Waals surface area contributed by atoms with Crippen molar-refractivity contribution in [2.24, 2.45) is 0 Å². The predicted octanol–water partition coefficient (Wildman–Crippen LogP) is 0.530. The van der Waals surface area contributed by atoms with E-state index in [1.807, 2.05) is 6.08 Å². The highest BCUT2D eigenvalue weighted by atomic mass is 16.7. The van der Waals surface area contributed by atoms with E-state index in [0.29, 0.717) is 6.42 Å². The molecule has 2 rings (SSSR count). The van der Waals surface area contributed by atoms with Gasteiger partial charge in [0.1, 0.15) is 48.8 Å². The molecule has 2 heterocycles. The lowest BCUT2D eigenvalue weighted by Crippen LogP contribution is -2.65. The molecule has 2 aliphatic heterocycles. The van der Waals surface area contributed by atoms with E-state index < -0.39 is 86.8 Å². The first kappa shape index (κ1) is 42.9. The molecule has 12 atom stereocenters. The van der Waals surface area contributed by atoms with Crippen molar-refractivity contribution in [3.63, 3.8) is 0 Å². The molecule has 48 heavy (non-hydrogen) atoms. The van der Waals surface area contributed by atoms with Crippen LogP contribution in [0.25, 0.3) is 0 Å². The van der Waals surface area contributed by atoms with E-state index in [1.165, 1.54) is 32.1 Å². The lowest BCUT2D eigenvalue weighted by molar-refractivity contribution is -0.359. The Kier molecular flexibility index (Phi) is 21.5. The van der Waals surface area contributed by atoms with Gasteiger partial charge in [0.05, 0.1) is 32.0 Å². The summed E-state index contributed by atoms with van der Waals surface area (Å²) in [5.41, 5.74) is 0. The van der Waals surface area contributed by atoms with Crippen molar-refractivity contribution in [1.82, 2.24) is 5.32 Å². The van der Waals surface area contributed by atoms with Gasteiger partial charge in [-0.25, -0.2) is 0 Å². The topological polar surface area (TPSA) is 228 Å². The van der Waals surface area contributed by atoms with E-state index in [2.05, 4.69) is 19.2 Å². The van der Waals surface area contributed by atoms with E-state index in [0.717, 1.165) is 44.9 Å². The summed E-state index contributed by atoms with van der Waals surface area (Å²) in [5.74, 6) is -0.253. The van der Waals surface area contributed by atoms with E-state index in [1.54, 1.807) is 6.08 Å². The van der Waals surface area contributed by atoms with Crippen molar-refractivity contribution in [2.45, 2.75) is 177 Å². The number of amides is 1. The number of hydrogen-bond acceptors (Lipinski definition) is 13. The van der Waals surface area contributed by atoms with Crippen LogP contribution in [0.15, 0.2) is 12.2 Å². The Morgan fingerprint density at radius 2 is 1.29 bits per heavy atom. The summed E-state index contributed by atoms with van der Waals surface area (Å²) in [6.45, 7) is 2.58. The van der Waals surface area contributed by atoms with E-state index in [9.17, 15) is 45.6 Å². The van der Waals surface area contributed by atoms with Crippen LogP contribution in [0, 0.1) is 0 Å². The molecule has 12 unspecified atom stereocenters. The number of nitrogens with one attached hydrogen (secondary N) is 1. The third kappa shape index (κ3) is 14.2. The third-order valence-electron chi connectivity index (χ3n) is 8.97. The number of hydrogen-bond donors (Lipinski definition) is 9. The van der Waals surface area contributed by atoms with Crippen LogP contribution in [-0.4, -0.2) is 140 Å². The minimum absolute atomic E-state index is 0.253. The molecule has 0 spiro atoms. The zero-order valence-electron chi connectivity index (χ0n) is 28.7. The number of allylic oxidation sites excluding steroid dienone is 1. The van der Waals surface area contributed by atoms with Gasteiger partial charge in [0, 0.05) is 6.42 Å². The second-order valence-corrected chi connectivity index (χ2v) is 13.0. The van der Waals surface area contributed by atoms with Crippen LogP contribution in [0.4, 0.5) is 0 Å². The normalized spacial score (nSPS) is 32.4. The van der Waals surface area contributed by atoms with Gasteiger partial charge in [0.25, 0.3) is 0 Å². The van der Waals surface area contributed by atoms with Crippen molar-refractivity contribution < 1.29 is 64.6 Å². The molecular formula is C34H63NO13. The quantitative estimate of drug-likeness (QED) is 0.0497. The molecule has 282 valence electrons. The van der Waals surface area contributed by atoms with Crippen molar-refractivity contribution >= 4 is 5.91 Å². The second-order valence-electron chi connectivity index (χ2n) is 13.0. The molecule has 0 bridgehead atoms. The van der Waals surface area contributed by atoms with Crippen molar-refractivity contribution in [3.05, 3.63) is 12.2 Å². The molecule has 2 saturated heterocycles. The molecule has 2 aliphatic rings. The van der Waals surface area contributed by atoms with Gasteiger partial charge in [0.15, 0.2) is 12.6 Å². The Bertz CT molecular complexity index is 878. The fourth-order valence-corrected chi connectivity index (χ4v) is 5.87. The first-order chi connectivity index (χ1) is 23.1. The highest BCUT2D eigenvalue weighted by Crippen LogP contribution is 2.29. The fraction of sp³-hybridized carbons (Fsp3) is 0.912. The number of aliphatic hydroxyl groups is 8.